The van der Waals surface area contributed by atoms with Crippen LogP contribution in [0.4, 0.5) is 20.6 Å². The highest BCUT2D eigenvalue weighted by atomic mass is 35.5. The van der Waals surface area contributed by atoms with Gasteiger partial charge in [0, 0.05) is 31.1 Å². The molecule has 3 aromatic rings. The molecule has 0 atom stereocenters. The molecule has 1 fully saturated rings. The van der Waals surface area contributed by atoms with Crippen LogP contribution in [-0.4, -0.2) is 50.3 Å². The second kappa shape index (κ2) is 10.8. The second-order valence-electron chi connectivity index (χ2n) is 9.95. The molecule has 38 heavy (non-hydrogen) atoms. The average Bonchev–Trinajstić information content (AvgIpc) is 3.30. The molecule has 1 aliphatic heterocycles. The summed E-state index contributed by atoms with van der Waals surface area (Å²) < 4.78 is 20.5. The van der Waals surface area contributed by atoms with E-state index < -0.39 is 28.3 Å². The molecule has 12 heteroatoms. The fraction of sp³-hybridized carbons (Fsp3) is 0.346. The van der Waals surface area contributed by atoms with E-state index in [1.165, 1.54) is 30.5 Å². The van der Waals surface area contributed by atoms with Crippen molar-refractivity contribution in [3.8, 4) is 5.69 Å². The van der Waals surface area contributed by atoms with E-state index >= 15 is 0 Å². The molecule has 0 saturated carbocycles. The number of benzene rings is 2. The van der Waals surface area contributed by atoms with Gasteiger partial charge in [0.25, 0.3) is 11.6 Å². The smallest absolute Gasteiger partial charge is 0.410 e. The van der Waals surface area contributed by atoms with Gasteiger partial charge in [-0.2, -0.15) is 5.10 Å². The number of hydrogen-bond donors (Lipinski definition) is 1. The van der Waals surface area contributed by atoms with Crippen LogP contribution in [0.2, 0.25) is 5.02 Å². The van der Waals surface area contributed by atoms with Crippen molar-refractivity contribution in [2.24, 2.45) is 0 Å². The van der Waals surface area contributed by atoms with Gasteiger partial charge in [-0.25, -0.2) is 13.9 Å². The highest BCUT2D eigenvalue weighted by molar-refractivity contribution is 6.33. The van der Waals surface area contributed by atoms with Crippen molar-refractivity contribution in [1.82, 2.24) is 14.7 Å². The predicted molar refractivity (Wildman–Crippen MR) is 139 cm³/mol. The SMILES string of the molecule is CC(C)(C)OC(=O)N1CCC(c2c(C(=O)Nc3ccc(F)cc3Cl)cnn2-c2ccc([N+](=O)[O-])cc2)CC1. The Morgan fingerprint density at radius 1 is 1.16 bits per heavy atom. The second-order valence-corrected chi connectivity index (χ2v) is 10.4. The minimum absolute atomic E-state index is 0.0494. The quantitative estimate of drug-likeness (QED) is 0.314. The van der Waals surface area contributed by atoms with Crippen LogP contribution in [-0.2, 0) is 4.74 Å². The molecule has 0 aliphatic carbocycles. The van der Waals surface area contributed by atoms with Crippen LogP contribution < -0.4 is 5.32 Å². The summed E-state index contributed by atoms with van der Waals surface area (Å²) in [6, 6.07) is 9.51. The molecule has 1 aliphatic rings. The van der Waals surface area contributed by atoms with Crippen LogP contribution in [0.25, 0.3) is 5.69 Å². The number of aromatic nitrogens is 2. The number of carbonyl (C=O) groups is 2. The average molecular weight is 544 g/mol. The molecule has 1 aromatic heterocycles. The molecule has 1 saturated heterocycles. The molecule has 0 spiro atoms. The number of halogens is 2. The van der Waals surface area contributed by atoms with Crippen molar-refractivity contribution < 1.29 is 23.6 Å². The van der Waals surface area contributed by atoms with Crippen molar-refractivity contribution in [1.29, 1.82) is 0 Å². The van der Waals surface area contributed by atoms with Crippen LogP contribution in [0.5, 0.6) is 0 Å². The van der Waals surface area contributed by atoms with Crippen LogP contribution in [0.15, 0.2) is 48.7 Å². The predicted octanol–water partition coefficient (Wildman–Crippen LogP) is 5.94. The summed E-state index contributed by atoms with van der Waals surface area (Å²) in [7, 11) is 0. The summed E-state index contributed by atoms with van der Waals surface area (Å²) >= 11 is 6.10. The third kappa shape index (κ3) is 6.10. The van der Waals surface area contributed by atoms with E-state index in [0.717, 1.165) is 6.07 Å². The first-order chi connectivity index (χ1) is 17.9. The van der Waals surface area contributed by atoms with Gasteiger partial charge < -0.3 is 15.0 Å². The van der Waals surface area contributed by atoms with Gasteiger partial charge in [-0.1, -0.05) is 11.6 Å². The molecule has 0 radical (unpaired) electrons. The van der Waals surface area contributed by atoms with Crippen LogP contribution in [0.3, 0.4) is 0 Å². The molecule has 2 heterocycles. The normalized spacial score (nSPS) is 14.3. The number of nitro groups is 1. The first kappa shape index (κ1) is 27.1. The highest BCUT2D eigenvalue weighted by Crippen LogP contribution is 2.34. The van der Waals surface area contributed by atoms with Crippen LogP contribution >= 0.6 is 11.6 Å². The number of anilines is 1. The Bertz CT molecular complexity index is 1360. The molecule has 2 amide bonds. The maximum absolute atomic E-state index is 13.5. The minimum atomic E-state index is -0.616. The number of ether oxygens (including phenoxy) is 1. The number of carbonyl (C=O) groups excluding carboxylic acids is 2. The molecule has 10 nitrogen and oxygen atoms in total. The number of nitrogens with one attached hydrogen (secondary N) is 1. The summed E-state index contributed by atoms with van der Waals surface area (Å²) in [6.07, 6.45) is 2.10. The summed E-state index contributed by atoms with van der Waals surface area (Å²) in [5, 5.41) is 18.3. The van der Waals surface area contributed by atoms with Crippen molar-refractivity contribution in [2.75, 3.05) is 18.4 Å². The van der Waals surface area contributed by atoms with Gasteiger partial charge in [-0.15, -0.1) is 0 Å². The number of non-ortho nitro benzene ring substituents is 1. The van der Waals surface area contributed by atoms with E-state index in [1.807, 2.05) is 0 Å². The molecule has 2 aromatic carbocycles. The molecule has 200 valence electrons. The highest BCUT2D eigenvalue weighted by Gasteiger charge is 2.32. The van der Waals surface area contributed by atoms with Crippen molar-refractivity contribution in [3.63, 3.8) is 0 Å². The standard InChI is InChI=1S/C26H27ClFN5O5/c1-26(2,3)38-25(35)31-12-10-16(11-13-31)23-20(24(34)30-22-9-4-17(28)14-21(22)27)15-29-32(23)18-5-7-19(8-6-18)33(36)37/h4-9,14-16H,10-13H2,1-3H3,(H,30,34). The summed E-state index contributed by atoms with van der Waals surface area (Å²) in [5.41, 5.74) is 0.968. The maximum Gasteiger partial charge on any atom is 0.410 e. The van der Waals surface area contributed by atoms with Crippen LogP contribution in [0.1, 0.15) is 55.6 Å². The number of nitrogens with zero attached hydrogens (tertiary/aromatic N) is 4. The Hall–Kier alpha value is -3.99. The number of hydrogen-bond acceptors (Lipinski definition) is 6. The Morgan fingerprint density at radius 3 is 2.39 bits per heavy atom. The Balaban J connectivity index is 1.64. The first-order valence-electron chi connectivity index (χ1n) is 12.0. The maximum atomic E-state index is 13.5. The summed E-state index contributed by atoms with van der Waals surface area (Å²) in [5.74, 6) is -1.18. The summed E-state index contributed by atoms with van der Waals surface area (Å²) in [6.45, 7) is 6.24. The van der Waals surface area contributed by atoms with Gasteiger partial charge in [0.2, 0.25) is 0 Å². The van der Waals surface area contributed by atoms with E-state index in [1.54, 1.807) is 42.5 Å². The van der Waals surface area contributed by atoms with E-state index in [9.17, 15) is 24.1 Å². The topological polar surface area (TPSA) is 120 Å². The van der Waals surface area contributed by atoms with E-state index in [2.05, 4.69) is 10.4 Å². The molecule has 1 N–H and O–H groups in total. The lowest BCUT2D eigenvalue weighted by molar-refractivity contribution is -0.384. The monoisotopic (exact) mass is 543 g/mol. The zero-order chi connectivity index (χ0) is 27.6. The molecule has 0 unspecified atom stereocenters. The number of nitro benzene ring substituents is 1. The van der Waals surface area contributed by atoms with Gasteiger partial charge in [0.05, 0.1) is 38.8 Å². The molecular weight excluding hydrogens is 517 g/mol. The van der Waals surface area contributed by atoms with E-state index in [-0.39, 0.29) is 27.9 Å². The lowest BCUT2D eigenvalue weighted by Crippen LogP contribution is -2.41. The third-order valence-electron chi connectivity index (χ3n) is 6.07. The Morgan fingerprint density at radius 2 is 1.82 bits per heavy atom. The van der Waals surface area contributed by atoms with Crippen LogP contribution in [0, 0.1) is 15.9 Å². The number of likely N-dealkylation sites (tertiary alicyclic amines) is 1. The molecule has 4 rings (SSSR count). The lowest BCUT2D eigenvalue weighted by Gasteiger charge is -2.34. The fourth-order valence-corrected chi connectivity index (χ4v) is 4.50. The van der Waals surface area contributed by atoms with Gasteiger partial charge in [0.15, 0.2) is 0 Å². The first-order valence-corrected chi connectivity index (χ1v) is 12.4. The Labute approximate surface area is 223 Å². The molecular formula is C26H27ClFN5O5. The third-order valence-corrected chi connectivity index (χ3v) is 6.38. The number of piperidine rings is 1. The van der Waals surface area contributed by atoms with Gasteiger partial charge in [-0.3, -0.25) is 14.9 Å². The Kier molecular flexibility index (Phi) is 7.68. The minimum Gasteiger partial charge on any atom is -0.444 e. The number of amides is 2. The zero-order valence-electron chi connectivity index (χ0n) is 21.1. The zero-order valence-corrected chi connectivity index (χ0v) is 21.9. The molecule has 0 bridgehead atoms. The fourth-order valence-electron chi connectivity index (χ4n) is 4.29. The van der Waals surface area contributed by atoms with Crippen molar-refractivity contribution in [2.45, 2.75) is 45.1 Å². The van der Waals surface area contributed by atoms with Gasteiger partial charge >= 0.3 is 6.09 Å². The van der Waals surface area contributed by atoms with E-state index in [0.29, 0.717) is 37.3 Å². The number of rotatable bonds is 5. The van der Waals surface area contributed by atoms with Crippen molar-refractivity contribution in [3.05, 3.63) is 80.9 Å². The lowest BCUT2D eigenvalue weighted by atomic mass is 9.90. The van der Waals surface area contributed by atoms with Gasteiger partial charge in [0.1, 0.15) is 11.4 Å². The largest absolute Gasteiger partial charge is 0.444 e. The van der Waals surface area contributed by atoms with E-state index in [4.69, 9.17) is 16.3 Å². The van der Waals surface area contributed by atoms with Gasteiger partial charge in [-0.05, 0) is 63.9 Å². The summed E-state index contributed by atoms with van der Waals surface area (Å²) in [4.78, 5) is 38.1. The van der Waals surface area contributed by atoms with Crippen molar-refractivity contribution >= 4 is 35.0 Å².